The fourth-order valence-electron chi connectivity index (χ4n) is 3.20. The Labute approximate surface area is 200 Å². The number of carbonyl (C=O) groups excluding carboxylic acids is 1. The van der Waals surface area contributed by atoms with Gasteiger partial charge in [0.1, 0.15) is 16.9 Å². The van der Waals surface area contributed by atoms with E-state index in [2.05, 4.69) is 11.1 Å². The number of hydrogen-bond acceptors (Lipinski definition) is 6. The highest BCUT2D eigenvalue weighted by Crippen LogP contribution is 2.31. The number of thiazole rings is 1. The van der Waals surface area contributed by atoms with Gasteiger partial charge in [-0.2, -0.15) is 5.26 Å². The second kappa shape index (κ2) is 10.6. The van der Waals surface area contributed by atoms with Gasteiger partial charge in [0, 0.05) is 16.5 Å². The maximum atomic E-state index is 13.2. The zero-order valence-corrected chi connectivity index (χ0v) is 19.0. The van der Waals surface area contributed by atoms with Crippen molar-refractivity contribution in [2.24, 2.45) is 0 Å². The topological polar surface area (TPSA) is 72.2 Å². The number of nitriles is 1. The molecule has 1 heterocycles. The lowest BCUT2D eigenvalue weighted by atomic mass is 10.1. The number of Topliss-reactive ketones (excluding diaryl/α,β-unsaturated/α-hetero) is 1. The number of ketones is 1. The Morgan fingerprint density at radius 3 is 2.56 bits per heavy atom. The minimum absolute atomic E-state index is 0.121. The fraction of sp³-hybridized carbons (Fsp3) is 0.0741. The molecule has 168 valence electrons. The van der Waals surface area contributed by atoms with E-state index in [9.17, 15) is 14.4 Å². The summed E-state index contributed by atoms with van der Waals surface area (Å²) in [5.41, 5.74) is 3.12. The number of benzene rings is 3. The fourth-order valence-corrected chi connectivity index (χ4v) is 4.00. The average Bonchev–Trinajstić information content (AvgIpc) is 3.37. The lowest BCUT2D eigenvalue weighted by Gasteiger charge is -2.11. The average molecular weight is 471 g/mol. The van der Waals surface area contributed by atoms with E-state index in [0.717, 1.165) is 5.56 Å². The van der Waals surface area contributed by atoms with E-state index in [1.54, 1.807) is 60.7 Å². The SMILES string of the molecule is COc1cc(/C=C(\C#N)c2nc(-c3ccc(F)cc3)cs2)ccc1OCC(=O)c1ccccc1. The lowest BCUT2D eigenvalue weighted by molar-refractivity contribution is 0.0919. The minimum atomic E-state index is -0.317. The van der Waals surface area contributed by atoms with Crippen LogP contribution in [0.2, 0.25) is 0 Å². The molecule has 7 heteroatoms. The van der Waals surface area contributed by atoms with Crippen molar-refractivity contribution in [2.75, 3.05) is 13.7 Å². The standard InChI is InChI=1S/C27H19FN2O3S/c1-32-26-14-18(7-12-25(26)33-16-24(31)20-5-3-2-4-6-20)13-21(15-29)27-30-23(17-34-27)19-8-10-22(28)11-9-19/h2-14,17H,16H2,1H3/b21-13+. The van der Waals surface area contributed by atoms with Gasteiger partial charge in [-0.05, 0) is 48.0 Å². The van der Waals surface area contributed by atoms with Gasteiger partial charge in [-0.25, -0.2) is 9.37 Å². The van der Waals surface area contributed by atoms with E-state index in [0.29, 0.717) is 38.9 Å². The van der Waals surface area contributed by atoms with Gasteiger partial charge in [0.25, 0.3) is 0 Å². The van der Waals surface area contributed by atoms with Crippen LogP contribution in [-0.2, 0) is 0 Å². The zero-order chi connectivity index (χ0) is 23.9. The molecule has 0 spiro atoms. The highest BCUT2D eigenvalue weighted by molar-refractivity contribution is 7.11. The van der Waals surface area contributed by atoms with Gasteiger partial charge in [-0.3, -0.25) is 4.79 Å². The molecule has 0 atom stereocenters. The highest BCUT2D eigenvalue weighted by Gasteiger charge is 2.12. The van der Waals surface area contributed by atoms with Gasteiger partial charge in [-0.15, -0.1) is 11.3 Å². The Morgan fingerprint density at radius 2 is 1.85 bits per heavy atom. The third kappa shape index (κ3) is 5.37. The molecule has 0 N–H and O–H groups in total. The highest BCUT2D eigenvalue weighted by atomic mass is 32.1. The lowest BCUT2D eigenvalue weighted by Crippen LogP contribution is -2.11. The van der Waals surface area contributed by atoms with Crippen LogP contribution < -0.4 is 9.47 Å². The Bertz CT molecular complexity index is 1370. The molecule has 3 aromatic carbocycles. The van der Waals surface area contributed by atoms with Gasteiger partial charge in [0.2, 0.25) is 0 Å². The van der Waals surface area contributed by atoms with Crippen molar-refractivity contribution < 1.29 is 18.7 Å². The third-order valence-electron chi connectivity index (χ3n) is 4.95. The number of carbonyl (C=O) groups is 1. The summed E-state index contributed by atoms with van der Waals surface area (Å²) in [6.07, 6.45) is 1.70. The largest absolute Gasteiger partial charge is 0.493 e. The summed E-state index contributed by atoms with van der Waals surface area (Å²) in [6.45, 7) is -0.121. The second-order valence-corrected chi connectivity index (χ2v) is 8.06. The first-order valence-corrected chi connectivity index (χ1v) is 11.2. The van der Waals surface area contributed by atoms with Crippen molar-refractivity contribution in [2.45, 2.75) is 0 Å². The molecule has 0 fully saturated rings. The van der Waals surface area contributed by atoms with E-state index < -0.39 is 0 Å². The van der Waals surface area contributed by atoms with Crippen LogP contribution in [0.1, 0.15) is 20.9 Å². The van der Waals surface area contributed by atoms with E-state index >= 15 is 0 Å². The maximum absolute atomic E-state index is 13.2. The molecule has 34 heavy (non-hydrogen) atoms. The van der Waals surface area contributed by atoms with Crippen LogP contribution in [0.3, 0.4) is 0 Å². The Balaban J connectivity index is 1.52. The normalized spacial score (nSPS) is 11.0. The van der Waals surface area contributed by atoms with Crippen LogP contribution in [0, 0.1) is 17.1 Å². The summed E-state index contributed by atoms with van der Waals surface area (Å²) in [4.78, 5) is 16.8. The first kappa shape index (κ1) is 22.9. The number of allylic oxidation sites excluding steroid dienone is 1. The van der Waals surface area contributed by atoms with Crippen molar-refractivity contribution in [1.29, 1.82) is 5.26 Å². The number of halogens is 1. The van der Waals surface area contributed by atoms with E-state index in [1.807, 2.05) is 11.4 Å². The number of hydrogen-bond donors (Lipinski definition) is 0. The van der Waals surface area contributed by atoms with Gasteiger partial charge >= 0.3 is 0 Å². The number of aromatic nitrogens is 1. The van der Waals surface area contributed by atoms with Crippen molar-refractivity contribution in [3.05, 3.63) is 100 Å². The quantitative estimate of drug-likeness (QED) is 0.224. The van der Waals surface area contributed by atoms with Crippen LogP contribution in [0.5, 0.6) is 11.5 Å². The zero-order valence-electron chi connectivity index (χ0n) is 18.2. The Morgan fingerprint density at radius 1 is 1.09 bits per heavy atom. The first-order valence-electron chi connectivity index (χ1n) is 10.3. The summed E-state index contributed by atoms with van der Waals surface area (Å²) in [5.74, 6) is 0.412. The van der Waals surface area contributed by atoms with Crippen molar-refractivity contribution >= 4 is 28.8 Å². The van der Waals surface area contributed by atoms with Crippen LogP contribution in [-0.4, -0.2) is 24.5 Å². The summed E-state index contributed by atoms with van der Waals surface area (Å²) in [5, 5.41) is 12.1. The predicted molar refractivity (Wildman–Crippen MR) is 130 cm³/mol. The van der Waals surface area contributed by atoms with Crippen LogP contribution in [0.4, 0.5) is 4.39 Å². The van der Waals surface area contributed by atoms with Crippen LogP contribution >= 0.6 is 11.3 Å². The van der Waals surface area contributed by atoms with Gasteiger partial charge in [0.05, 0.1) is 18.4 Å². The van der Waals surface area contributed by atoms with Crippen molar-refractivity contribution in [1.82, 2.24) is 4.98 Å². The molecular weight excluding hydrogens is 451 g/mol. The van der Waals surface area contributed by atoms with Gasteiger partial charge in [-0.1, -0.05) is 36.4 Å². The second-order valence-electron chi connectivity index (χ2n) is 7.20. The molecule has 0 aliphatic carbocycles. The summed E-state index contributed by atoms with van der Waals surface area (Å²) in [7, 11) is 1.51. The Kier molecular flexibility index (Phi) is 7.11. The summed E-state index contributed by atoms with van der Waals surface area (Å²) < 4.78 is 24.3. The molecule has 0 saturated carbocycles. The number of methoxy groups -OCH3 is 1. The summed E-state index contributed by atoms with van der Waals surface area (Å²) in [6, 6.07) is 22.3. The molecule has 0 saturated heterocycles. The molecule has 0 bridgehead atoms. The number of nitrogens with zero attached hydrogens (tertiary/aromatic N) is 2. The summed E-state index contributed by atoms with van der Waals surface area (Å²) >= 11 is 1.33. The van der Waals surface area contributed by atoms with Crippen molar-refractivity contribution in [3.8, 4) is 28.8 Å². The van der Waals surface area contributed by atoms with Crippen LogP contribution in [0.15, 0.2) is 78.2 Å². The van der Waals surface area contributed by atoms with Crippen LogP contribution in [0.25, 0.3) is 22.9 Å². The predicted octanol–water partition coefficient (Wildman–Crippen LogP) is 6.28. The molecule has 1 aromatic heterocycles. The molecule has 0 radical (unpaired) electrons. The third-order valence-corrected chi connectivity index (χ3v) is 5.82. The van der Waals surface area contributed by atoms with Gasteiger partial charge < -0.3 is 9.47 Å². The van der Waals surface area contributed by atoms with E-state index in [-0.39, 0.29) is 18.2 Å². The van der Waals surface area contributed by atoms with Crippen molar-refractivity contribution in [3.63, 3.8) is 0 Å². The minimum Gasteiger partial charge on any atom is -0.493 e. The van der Waals surface area contributed by atoms with Gasteiger partial charge in [0.15, 0.2) is 23.9 Å². The molecule has 0 unspecified atom stereocenters. The molecule has 4 rings (SSSR count). The number of ether oxygens (including phenoxy) is 2. The van der Waals surface area contributed by atoms with E-state index in [1.165, 1.54) is 30.6 Å². The Hall–Kier alpha value is -4.28. The maximum Gasteiger partial charge on any atom is 0.200 e. The molecule has 5 nitrogen and oxygen atoms in total. The molecule has 0 aliphatic rings. The van der Waals surface area contributed by atoms with E-state index in [4.69, 9.17) is 9.47 Å². The monoisotopic (exact) mass is 470 g/mol. The molecule has 0 amide bonds. The molecule has 4 aromatic rings. The molecular formula is C27H19FN2O3S. The number of rotatable bonds is 8. The smallest absolute Gasteiger partial charge is 0.200 e. The first-order chi connectivity index (χ1) is 16.6. The molecule has 0 aliphatic heterocycles.